The van der Waals surface area contributed by atoms with Crippen LogP contribution in [0.5, 0.6) is 0 Å². The lowest BCUT2D eigenvalue weighted by molar-refractivity contribution is 0.0703. The third-order valence-electron chi connectivity index (χ3n) is 3.24. The minimum absolute atomic E-state index is 0.0434. The summed E-state index contributed by atoms with van der Waals surface area (Å²) in [6.07, 6.45) is 0.971. The number of carbonyl (C=O) groups is 1. The highest BCUT2D eigenvalue weighted by Gasteiger charge is 2.26. The van der Waals surface area contributed by atoms with E-state index in [4.69, 9.17) is 0 Å². The lowest BCUT2D eigenvalue weighted by Gasteiger charge is -2.27. The van der Waals surface area contributed by atoms with Gasteiger partial charge in [-0.1, -0.05) is 0 Å². The van der Waals surface area contributed by atoms with Gasteiger partial charge in [-0.05, 0) is 54.0 Å². The molecule has 3 nitrogen and oxygen atoms in total. The van der Waals surface area contributed by atoms with E-state index in [1.807, 2.05) is 11.8 Å². The number of likely N-dealkylation sites (N-methyl/N-ethyl adjacent to an activating group) is 1. The van der Waals surface area contributed by atoms with Crippen molar-refractivity contribution in [2.45, 2.75) is 19.4 Å². The molecule has 5 heteroatoms. The molecule has 1 N–H and O–H groups in total. The minimum Gasteiger partial charge on any atom is -0.335 e. The Morgan fingerprint density at radius 3 is 2.94 bits per heavy atom. The number of halogens is 2. The fourth-order valence-corrected chi connectivity index (χ4v) is 2.81. The zero-order valence-electron chi connectivity index (χ0n) is 10.2. The van der Waals surface area contributed by atoms with Gasteiger partial charge in [-0.25, -0.2) is 4.39 Å². The fourth-order valence-electron chi connectivity index (χ4n) is 2.29. The maximum Gasteiger partial charge on any atom is 0.255 e. The molecule has 0 bridgehead atoms. The Kier molecular flexibility index (Phi) is 4.35. The first kappa shape index (κ1) is 13.5. The van der Waals surface area contributed by atoms with E-state index in [0.29, 0.717) is 16.6 Å². The molecule has 1 aliphatic heterocycles. The Morgan fingerprint density at radius 1 is 1.61 bits per heavy atom. The number of carbonyl (C=O) groups excluding carboxylic acids is 1. The summed E-state index contributed by atoms with van der Waals surface area (Å²) in [6.45, 7) is 4.40. The number of hydrogen-bond donors (Lipinski definition) is 1. The summed E-state index contributed by atoms with van der Waals surface area (Å²) in [5, 5.41) is 3.25. The Morgan fingerprint density at radius 2 is 2.39 bits per heavy atom. The lowest BCUT2D eigenvalue weighted by atomic mass is 10.1. The van der Waals surface area contributed by atoms with Gasteiger partial charge in [0.1, 0.15) is 5.82 Å². The maximum atomic E-state index is 13.0. The monoisotopic (exact) mass is 314 g/mol. The van der Waals surface area contributed by atoms with E-state index < -0.39 is 0 Å². The SMILES string of the molecule is CCN(C(=O)c1ccc(F)cc1Br)C1CCNC1. The van der Waals surface area contributed by atoms with Crippen molar-refractivity contribution in [3.63, 3.8) is 0 Å². The second-order valence-corrected chi connectivity index (χ2v) is 5.22. The number of benzene rings is 1. The van der Waals surface area contributed by atoms with Gasteiger partial charge in [0.25, 0.3) is 5.91 Å². The second-order valence-electron chi connectivity index (χ2n) is 4.36. The summed E-state index contributed by atoms with van der Waals surface area (Å²) in [6, 6.07) is 4.42. The van der Waals surface area contributed by atoms with E-state index in [-0.39, 0.29) is 17.8 Å². The van der Waals surface area contributed by atoms with Gasteiger partial charge in [-0.2, -0.15) is 0 Å². The molecule has 1 atom stereocenters. The van der Waals surface area contributed by atoms with Crippen LogP contribution in [0.2, 0.25) is 0 Å². The highest BCUT2D eigenvalue weighted by atomic mass is 79.9. The molecule has 2 rings (SSSR count). The van der Waals surface area contributed by atoms with Crippen LogP contribution >= 0.6 is 15.9 Å². The molecular formula is C13H16BrFN2O. The van der Waals surface area contributed by atoms with Crippen molar-refractivity contribution in [1.82, 2.24) is 10.2 Å². The first-order valence-corrected chi connectivity index (χ1v) is 6.89. The average Bonchev–Trinajstić information content (AvgIpc) is 2.83. The third kappa shape index (κ3) is 2.72. The summed E-state index contributed by atoms with van der Waals surface area (Å²) in [4.78, 5) is 14.3. The van der Waals surface area contributed by atoms with Gasteiger partial charge in [0.15, 0.2) is 0 Å². The molecule has 1 aromatic carbocycles. The standard InChI is InChI=1S/C13H16BrFN2O/c1-2-17(10-5-6-16-8-10)13(18)11-4-3-9(15)7-12(11)14/h3-4,7,10,16H,2,5-6,8H2,1H3. The summed E-state index contributed by atoms with van der Waals surface area (Å²) < 4.78 is 13.5. The fraction of sp³-hybridized carbons (Fsp3) is 0.462. The van der Waals surface area contributed by atoms with Crippen molar-refractivity contribution < 1.29 is 9.18 Å². The summed E-state index contributed by atoms with van der Waals surface area (Å²) in [5.41, 5.74) is 0.519. The van der Waals surface area contributed by atoms with Gasteiger partial charge in [0, 0.05) is 23.6 Å². The van der Waals surface area contributed by atoms with Crippen molar-refractivity contribution in [2.75, 3.05) is 19.6 Å². The number of nitrogens with zero attached hydrogens (tertiary/aromatic N) is 1. The smallest absolute Gasteiger partial charge is 0.255 e. The molecule has 1 heterocycles. The van der Waals surface area contributed by atoms with Crippen LogP contribution in [0.25, 0.3) is 0 Å². The molecule has 0 aromatic heterocycles. The van der Waals surface area contributed by atoms with Crippen LogP contribution in [0.4, 0.5) is 4.39 Å². The number of amides is 1. The van der Waals surface area contributed by atoms with Crippen molar-refractivity contribution in [2.24, 2.45) is 0 Å². The molecule has 0 saturated carbocycles. The highest BCUT2D eigenvalue weighted by molar-refractivity contribution is 9.10. The van der Waals surface area contributed by atoms with Gasteiger partial charge >= 0.3 is 0 Å². The van der Waals surface area contributed by atoms with E-state index in [9.17, 15) is 9.18 Å². The normalized spacial score (nSPS) is 18.9. The van der Waals surface area contributed by atoms with Crippen LogP contribution in [0, 0.1) is 5.82 Å². The zero-order valence-corrected chi connectivity index (χ0v) is 11.8. The molecule has 18 heavy (non-hydrogen) atoms. The first-order valence-electron chi connectivity index (χ1n) is 6.10. The number of hydrogen-bond acceptors (Lipinski definition) is 2. The van der Waals surface area contributed by atoms with Gasteiger partial charge < -0.3 is 10.2 Å². The van der Waals surface area contributed by atoms with Gasteiger partial charge in [-0.15, -0.1) is 0 Å². The van der Waals surface area contributed by atoms with Crippen LogP contribution < -0.4 is 5.32 Å². The molecule has 0 spiro atoms. The quantitative estimate of drug-likeness (QED) is 0.929. The largest absolute Gasteiger partial charge is 0.335 e. The third-order valence-corrected chi connectivity index (χ3v) is 3.89. The molecule has 0 aliphatic carbocycles. The van der Waals surface area contributed by atoms with E-state index in [1.165, 1.54) is 18.2 Å². The molecule has 1 unspecified atom stereocenters. The molecule has 1 amide bonds. The van der Waals surface area contributed by atoms with Gasteiger partial charge in [-0.3, -0.25) is 4.79 Å². The van der Waals surface area contributed by atoms with Crippen LogP contribution in [-0.4, -0.2) is 36.5 Å². The van der Waals surface area contributed by atoms with Crippen LogP contribution in [-0.2, 0) is 0 Å². The molecule has 1 aromatic rings. The molecule has 1 aliphatic rings. The first-order chi connectivity index (χ1) is 8.63. The molecule has 98 valence electrons. The summed E-state index contributed by atoms with van der Waals surface area (Å²) >= 11 is 3.25. The van der Waals surface area contributed by atoms with Crippen molar-refractivity contribution in [1.29, 1.82) is 0 Å². The van der Waals surface area contributed by atoms with Gasteiger partial charge in [0.05, 0.1) is 5.56 Å². The Balaban J connectivity index is 2.22. The minimum atomic E-state index is -0.344. The maximum absolute atomic E-state index is 13.0. The predicted molar refractivity (Wildman–Crippen MR) is 72.1 cm³/mol. The van der Waals surface area contributed by atoms with Crippen molar-refractivity contribution in [3.05, 3.63) is 34.1 Å². The summed E-state index contributed by atoms with van der Waals surface area (Å²) in [7, 11) is 0. The molecule has 1 fully saturated rings. The molecule has 0 radical (unpaired) electrons. The number of nitrogens with one attached hydrogen (secondary N) is 1. The average molecular weight is 315 g/mol. The van der Waals surface area contributed by atoms with Crippen LogP contribution in [0.1, 0.15) is 23.7 Å². The lowest BCUT2D eigenvalue weighted by Crippen LogP contribution is -2.41. The van der Waals surface area contributed by atoms with Crippen LogP contribution in [0.3, 0.4) is 0 Å². The predicted octanol–water partition coefficient (Wildman–Crippen LogP) is 2.41. The van der Waals surface area contributed by atoms with E-state index in [0.717, 1.165) is 19.5 Å². The van der Waals surface area contributed by atoms with E-state index in [2.05, 4.69) is 21.2 Å². The van der Waals surface area contributed by atoms with Crippen molar-refractivity contribution >= 4 is 21.8 Å². The molecular weight excluding hydrogens is 299 g/mol. The van der Waals surface area contributed by atoms with E-state index >= 15 is 0 Å². The van der Waals surface area contributed by atoms with Crippen LogP contribution in [0.15, 0.2) is 22.7 Å². The Labute approximate surface area is 114 Å². The van der Waals surface area contributed by atoms with Gasteiger partial charge in [0.2, 0.25) is 0 Å². The van der Waals surface area contributed by atoms with E-state index in [1.54, 1.807) is 0 Å². The summed E-state index contributed by atoms with van der Waals surface area (Å²) in [5.74, 6) is -0.387. The Bertz CT molecular complexity index is 447. The van der Waals surface area contributed by atoms with Crippen molar-refractivity contribution in [3.8, 4) is 0 Å². The molecule has 1 saturated heterocycles. The zero-order chi connectivity index (χ0) is 13.1. The second kappa shape index (κ2) is 5.80. The highest BCUT2D eigenvalue weighted by Crippen LogP contribution is 2.21. The Hall–Kier alpha value is -0.940. The number of rotatable bonds is 3. The topological polar surface area (TPSA) is 32.3 Å².